The largest absolute Gasteiger partial charge is 0.497 e. The monoisotopic (exact) mass is 357 g/mol. The summed E-state index contributed by atoms with van der Waals surface area (Å²) in [5.74, 6) is 3.68. The number of nitrogens with zero attached hydrogens (tertiary/aromatic N) is 4. The molecule has 2 aromatic rings. The molecule has 1 N–H and O–H groups in total. The highest BCUT2D eigenvalue weighted by Crippen LogP contribution is 2.28. The Morgan fingerprint density at radius 3 is 2.85 bits per heavy atom. The van der Waals surface area contributed by atoms with Gasteiger partial charge in [0.15, 0.2) is 11.8 Å². The second-order valence-electron chi connectivity index (χ2n) is 6.43. The number of nitrogens with one attached hydrogen (secondary N) is 1. The molecule has 7 nitrogen and oxygen atoms in total. The lowest BCUT2D eigenvalue weighted by atomic mass is 9.98. The molecule has 0 aliphatic carbocycles. The Labute approximate surface area is 154 Å². The van der Waals surface area contributed by atoms with Crippen molar-refractivity contribution in [2.75, 3.05) is 33.3 Å². The zero-order chi connectivity index (χ0) is 18.4. The first-order valence-electron chi connectivity index (χ1n) is 9.16. The molecule has 26 heavy (non-hydrogen) atoms. The van der Waals surface area contributed by atoms with Gasteiger partial charge in [-0.2, -0.15) is 4.98 Å². The first-order valence-corrected chi connectivity index (χ1v) is 9.16. The molecule has 0 spiro atoms. The predicted molar refractivity (Wildman–Crippen MR) is 101 cm³/mol. The number of aromatic nitrogens is 2. The third kappa shape index (κ3) is 4.53. The molecule has 0 saturated carbocycles. The van der Waals surface area contributed by atoms with Crippen LogP contribution in [0.25, 0.3) is 0 Å². The number of likely N-dealkylation sites (tertiary alicyclic amines) is 1. The van der Waals surface area contributed by atoms with Crippen LogP contribution in [0.5, 0.6) is 5.75 Å². The minimum atomic E-state index is 0.517. The number of guanidine groups is 1. The van der Waals surface area contributed by atoms with E-state index in [0.717, 1.165) is 37.8 Å². The Bertz CT molecular complexity index is 726. The normalized spacial score (nSPS) is 17.6. The molecule has 1 aromatic heterocycles. The molecular formula is C19H27N5O2. The van der Waals surface area contributed by atoms with Gasteiger partial charge in [0.1, 0.15) is 5.75 Å². The van der Waals surface area contributed by atoms with Crippen LogP contribution < -0.4 is 10.1 Å². The van der Waals surface area contributed by atoms with Crippen molar-refractivity contribution in [3.05, 3.63) is 41.5 Å². The highest BCUT2D eigenvalue weighted by atomic mass is 16.5. The van der Waals surface area contributed by atoms with Crippen LogP contribution in [0, 0.1) is 6.92 Å². The van der Waals surface area contributed by atoms with Gasteiger partial charge >= 0.3 is 0 Å². The highest BCUT2D eigenvalue weighted by Gasteiger charge is 2.26. The average molecular weight is 357 g/mol. The summed E-state index contributed by atoms with van der Waals surface area (Å²) in [5, 5.41) is 7.21. The summed E-state index contributed by atoms with van der Waals surface area (Å²) in [4.78, 5) is 11.3. The molecule has 3 rings (SSSR count). The van der Waals surface area contributed by atoms with E-state index >= 15 is 0 Å². The van der Waals surface area contributed by atoms with Gasteiger partial charge < -0.3 is 19.5 Å². The standard InChI is InChI=1S/C19H27N5O2/c1-4-20-19(21-11-9-18-22-14(2)23-26-18)24-12-10-16(13-24)15-5-7-17(25-3)8-6-15/h5-8,16H,4,9-13H2,1-3H3,(H,20,21). The van der Waals surface area contributed by atoms with Crippen molar-refractivity contribution < 1.29 is 9.26 Å². The van der Waals surface area contributed by atoms with Gasteiger partial charge in [-0.15, -0.1) is 0 Å². The Balaban J connectivity index is 1.59. The van der Waals surface area contributed by atoms with E-state index in [9.17, 15) is 0 Å². The molecule has 2 heterocycles. The fourth-order valence-electron chi connectivity index (χ4n) is 3.23. The van der Waals surface area contributed by atoms with E-state index in [-0.39, 0.29) is 0 Å². The summed E-state index contributed by atoms with van der Waals surface area (Å²) in [7, 11) is 1.70. The third-order valence-corrected chi connectivity index (χ3v) is 4.57. The van der Waals surface area contributed by atoms with Gasteiger partial charge in [-0.3, -0.25) is 4.99 Å². The number of benzene rings is 1. The Morgan fingerprint density at radius 2 is 2.19 bits per heavy atom. The van der Waals surface area contributed by atoms with E-state index in [1.165, 1.54) is 5.56 Å². The highest BCUT2D eigenvalue weighted by molar-refractivity contribution is 5.80. The first-order chi connectivity index (χ1) is 12.7. The second kappa shape index (κ2) is 8.69. The molecule has 1 atom stereocenters. The number of methoxy groups -OCH3 is 1. The summed E-state index contributed by atoms with van der Waals surface area (Å²) < 4.78 is 10.4. The fraction of sp³-hybridized carbons (Fsp3) is 0.526. The van der Waals surface area contributed by atoms with Crippen molar-refractivity contribution in [3.8, 4) is 5.75 Å². The summed E-state index contributed by atoms with van der Waals surface area (Å²) in [5.41, 5.74) is 1.35. The maximum Gasteiger partial charge on any atom is 0.228 e. The van der Waals surface area contributed by atoms with Crippen LogP contribution in [0.1, 0.15) is 36.5 Å². The van der Waals surface area contributed by atoms with Gasteiger partial charge in [0.05, 0.1) is 13.7 Å². The van der Waals surface area contributed by atoms with Crippen molar-refractivity contribution in [1.82, 2.24) is 20.4 Å². The topological polar surface area (TPSA) is 75.8 Å². The van der Waals surface area contributed by atoms with E-state index in [4.69, 9.17) is 14.3 Å². The molecule has 0 bridgehead atoms. The van der Waals surface area contributed by atoms with E-state index < -0.39 is 0 Å². The Kier molecular flexibility index (Phi) is 6.09. The number of aliphatic imine (C=N–C) groups is 1. The van der Waals surface area contributed by atoms with Crippen molar-refractivity contribution in [1.29, 1.82) is 0 Å². The first kappa shape index (κ1) is 18.2. The number of rotatable bonds is 6. The van der Waals surface area contributed by atoms with E-state index in [1.807, 2.05) is 19.1 Å². The predicted octanol–water partition coefficient (Wildman–Crippen LogP) is 2.38. The maximum absolute atomic E-state index is 5.25. The lowest BCUT2D eigenvalue weighted by Crippen LogP contribution is -2.40. The molecule has 1 unspecified atom stereocenters. The molecular weight excluding hydrogens is 330 g/mol. The van der Waals surface area contributed by atoms with Gasteiger partial charge in [0.2, 0.25) is 5.89 Å². The molecule has 7 heteroatoms. The molecule has 1 aliphatic rings. The lowest BCUT2D eigenvalue weighted by molar-refractivity contribution is 0.375. The van der Waals surface area contributed by atoms with Crippen LogP contribution in [-0.2, 0) is 6.42 Å². The van der Waals surface area contributed by atoms with Gasteiger partial charge in [0, 0.05) is 32.0 Å². The zero-order valence-corrected chi connectivity index (χ0v) is 15.7. The van der Waals surface area contributed by atoms with Crippen molar-refractivity contribution in [3.63, 3.8) is 0 Å². The SMILES string of the molecule is CCNC(=NCCc1nc(C)no1)N1CCC(c2ccc(OC)cc2)C1. The van der Waals surface area contributed by atoms with Gasteiger partial charge in [-0.1, -0.05) is 17.3 Å². The van der Waals surface area contributed by atoms with Gasteiger partial charge in [0.25, 0.3) is 0 Å². The third-order valence-electron chi connectivity index (χ3n) is 4.57. The van der Waals surface area contributed by atoms with Gasteiger partial charge in [-0.05, 0) is 38.0 Å². The number of hydrogen-bond donors (Lipinski definition) is 1. The Morgan fingerprint density at radius 1 is 1.38 bits per heavy atom. The smallest absolute Gasteiger partial charge is 0.228 e. The molecule has 1 fully saturated rings. The van der Waals surface area contributed by atoms with E-state index in [2.05, 4.69) is 39.4 Å². The summed E-state index contributed by atoms with van der Waals surface area (Å²) in [6.07, 6.45) is 1.78. The van der Waals surface area contributed by atoms with Crippen LogP contribution >= 0.6 is 0 Å². The second-order valence-corrected chi connectivity index (χ2v) is 6.43. The molecule has 0 radical (unpaired) electrons. The maximum atomic E-state index is 5.25. The number of aryl methyl sites for hydroxylation is 1. The lowest BCUT2D eigenvalue weighted by Gasteiger charge is -2.21. The van der Waals surface area contributed by atoms with Crippen LogP contribution in [0.4, 0.5) is 0 Å². The minimum Gasteiger partial charge on any atom is -0.497 e. The van der Waals surface area contributed by atoms with E-state index in [1.54, 1.807) is 7.11 Å². The molecule has 1 saturated heterocycles. The van der Waals surface area contributed by atoms with Crippen LogP contribution in [0.2, 0.25) is 0 Å². The van der Waals surface area contributed by atoms with Crippen molar-refractivity contribution in [2.24, 2.45) is 4.99 Å². The average Bonchev–Trinajstić information content (AvgIpc) is 3.30. The number of ether oxygens (including phenoxy) is 1. The number of hydrogen-bond acceptors (Lipinski definition) is 5. The molecule has 1 aromatic carbocycles. The van der Waals surface area contributed by atoms with Crippen LogP contribution in [-0.4, -0.2) is 54.3 Å². The summed E-state index contributed by atoms with van der Waals surface area (Å²) in [6, 6.07) is 8.39. The fourth-order valence-corrected chi connectivity index (χ4v) is 3.23. The van der Waals surface area contributed by atoms with Crippen LogP contribution in [0.3, 0.4) is 0 Å². The Hall–Kier alpha value is -2.57. The van der Waals surface area contributed by atoms with Crippen LogP contribution in [0.15, 0.2) is 33.8 Å². The van der Waals surface area contributed by atoms with Gasteiger partial charge in [-0.25, -0.2) is 0 Å². The quantitative estimate of drug-likeness (QED) is 0.632. The zero-order valence-electron chi connectivity index (χ0n) is 15.7. The van der Waals surface area contributed by atoms with Crippen molar-refractivity contribution >= 4 is 5.96 Å². The van der Waals surface area contributed by atoms with E-state index in [0.29, 0.717) is 30.6 Å². The molecule has 1 aliphatic heterocycles. The summed E-state index contributed by atoms with van der Waals surface area (Å²) >= 11 is 0. The molecule has 140 valence electrons. The van der Waals surface area contributed by atoms with Crippen molar-refractivity contribution in [2.45, 2.75) is 32.6 Å². The summed E-state index contributed by atoms with van der Waals surface area (Å²) in [6.45, 7) is 7.37. The minimum absolute atomic E-state index is 0.517. The molecule has 0 amide bonds.